The average Bonchev–Trinajstić information content (AvgIpc) is 2.97. The summed E-state index contributed by atoms with van der Waals surface area (Å²) < 4.78 is 33.6. The van der Waals surface area contributed by atoms with Crippen LogP contribution in [-0.4, -0.2) is 32.6 Å². The Hall–Kier alpha value is -2.91. The van der Waals surface area contributed by atoms with Crippen LogP contribution in [0, 0.1) is 0 Å². The van der Waals surface area contributed by atoms with Gasteiger partial charge >= 0.3 is 5.97 Å². The number of esters is 1. The standard InChI is InChI=1S/C18H14N2O5S2/c1-25-16(21)12-15-17(22)20(13-8-4-2-5-9-13)18(26-15)19-27(23,24)14-10-6-3-7-11-14/h2-12H,1H3. The predicted octanol–water partition coefficient (Wildman–Crippen LogP) is 2.57. The summed E-state index contributed by atoms with van der Waals surface area (Å²) in [6.07, 6.45) is 1.01. The number of methoxy groups -OCH3 is 1. The highest BCUT2D eigenvalue weighted by atomic mass is 32.2. The smallest absolute Gasteiger partial charge is 0.331 e. The fraction of sp³-hybridized carbons (Fsp3) is 0.0556. The van der Waals surface area contributed by atoms with Crippen molar-refractivity contribution < 1.29 is 22.7 Å². The molecule has 2 aromatic rings. The third kappa shape index (κ3) is 4.09. The minimum absolute atomic E-state index is 0.00366. The first kappa shape index (κ1) is 18.9. The van der Waals surface area contributed by atoms with E-state index < -0.39 is 21.9 Å². The Morgan fingerprint density at radius 1 is 1.07 bits per heavy atom. The zero-order valence-corrected chi connectivity index (χ0v) is 15.7. The van der Waals surface area contributed by atoms with Crippen LogP contribution in [-0.2, 0) is 24.3 Å². The Bertz CT molecular complexity index is 1030. The summed E-state index contributed by atoms with van der Waals surface area (Å²) in [6.45, 7) is 0. The number of rotatable bonds is 4. The summed E-state index contributed by atoms with van der Waals surface area (Å²) in [5.41, 5.74) is 0.435. The van der Waals surface area contributed by atoms with E-state index in [0.29, 0.717) is 5.69 Å². The molecule has 0 unspecified atom stereocenters. The molecule has 3 rings (SSSR count). The van der Waals surface area contributed by atoms with Gasteiger partial charge in [-0.15, -0.1) is 4.40 Å². The van der Waals surface area contributed by atoms with Crippen LogP contribution >= 0.6 is 11.8 Å². The number of hydrogen-bond acceptors (Lipinski definition) is 6. The van der Waals surface area contributed by atoms with Crippen LogP contribution in [0.5, 0.6) is 0 Å². The Morgan fingerprint density at radius 2 is 1.67 bits per heavy atom. The molecule has 0 N–H and O–H groups in total. The van der Waals surface area contributed by atoms with Crippen LogP contribution in [0.3, 0.4) is 0 Å². The lowest BCUT2D eigenvalue weighted by Crippen LogP contribution is -2.29. The first-order valence-electron chi connectivity index (χ1n) is 7.69. The quantitative estimate of drug-likeness (QED) is 0.576. The highest BCUT2D eigenvalue weighted by molar-refractivity contribution is 8.19. The molecule has 1 saturated heterocycles. The number of carbonyl (C=O) groups excluding carboxylic acids is 2. The first-order valence-corrected chi connectivity index (χ1v) is 9.95. The molecule has 9 heteroatoms. The molecule has 2 aromatic carbocycles. The highest BCUT2D eigenvalue weighted by Crippen LogP contribution is 2.35. The lowest BCUT2D eigenvalue weighted by Gasteiger charge is -2.15. The fourth-order valence-electron chi connectivity index (χ4n) is 2.25. The third-order valence-corrected chi connectivity index (χ3v) is 5.88. The second kappa shape index (κ2) is 7.77. The minimum atomic E-state index is -4.04. The second-order valence-electron chi connectivity index (χ2n) is 5.27. The minimum Gasteiger partial charge on any atom is -0.466 e. The normalized spacial score (nSPS) is 17.5. The van der Waals surface area contributed by atoms with Crippen molar-refractivity contribution in [2.75, 3.05) is 12.0 Å². The number of hydrogen-bond donors (Lipinski definition) is 0. The van der Waals surface area contributed by atoms with Crippen LogP contribution in [0.1, 0.15) is 0 Å². The van der Waals surface area contributed by atoms with Gasteiger partial charge in [-0.2, -0.15) is 8.42 Å². The molecule has 0 aromatic heterocycles. The van der Waals surface area contributed by atoms with Gasteiger partial charge in [0.1, 0.15) is 0 Å². The van der Waals surface area contributed by atoms with E-state index in [4.69, 9.17) is 0 Å². The number of benzene rings is 2. The van der Waals surface area contributed by atoms with Crippen molar-refractivity contribution in [2.45, 2.75) is 4.90 Å². The van der Waals surface area contributed by atoms with Crippen LogP contribution < -0.4 is 4.90 Å². The number of thioether (sulfide) groups is 1. The monoisotopic (exact) mass is 402 g/mol. The zero-order chi connectivity index (χ0) is 19.4. The molecule has 0 bridgehead atoms. The highest BCUT2D eigenvalue weighted by Gasteiger charge is 2.36. The predicted molar refractivity (Wildman–Crippen MR) is 103 cm³/mol. The summed E-state index contributed by atoms with van der Waals surface area (Å²) >= 11 is 0.794. The SMILES string of the molecule is COC(=O)C=C1SC(=NS(=O)(=O)c2ccccc2)N(c2ccccc2)C1=O. The fourth-order valence-corrected chi connectivity index (χ4v) is 4.40. The molecule has 27 heavy (non-hydrogen) atoms. The number of para-hydroxylation sites is 1. The van der Waals surface area contributed by atoms with Gasteiger partial charge in [-0.1, -0.05) is 36.4 Å². The van der Waals surface area contributed by atoms with Gasteiger partial charge in [0.05, 0.1) is 22.6 Å². The summed E-state index contributed by atoms with van der Waals surface area (Å²) in [5.74, 6) is -1.27. The summed E-state index contributed by atoms with van der Waals surface area (Å²) in [4.78, 5) is 25.5. The molecular weight excluding hydrogens is 388 g/mol. The number of anilines is 1. The van der Waals surface area contributed by atoms with Gasteiger partial charge < -0.3 is 4.74 Å². The zero-order valence-electron chi connectivity index (χ0n) is 14.1. The molecule has 0 aliphatic carbocycles. The van der Waals surface area contributed by atoms with E-state index >= 15 is 0 Å². The van der Waals surface area contributed by atoms with Crippen molar-refractivity contribution in [3.05, 3.63) is 71.6 Å². The number of ether oxygens (including phenoxy) is 1. The van der Waals surface area contributed by atoms with Crippen LogP contribution in [0.15, 0.2) is 80.9 Å². The maximum Gasteiger partial charge on any atom is 0.331 e. The summed E-state index contributed by atoms with van der Waals surface area (Å²) in [5, 5.41) is -0.0646. The van der Waals surface area contributed by atoms with Gasteiger partial charge in [0.25, 0.3) is 15.9 Å². The molecule has 0 radical (unpaired) electrons. The van der Waals surface area contributed by atoms with Crippen molar-refractivity contribution in [1.29, 1.82) is 0 Å². The maximum absolute atomic E-state index is 12.7. The molecule has 1 amide bonds. The Balaban J connectivity index is 2.09. The average molecular weight is 402 g/mol. The molecule has 1 aliphatic heterocycles. The molecule has 1 fully saturated rings. The van der Waals surface area contributed by atoms with Gasteiger partial charge in [-0.05, 0) is 36.0 Å². The van der Waals surface area contributed by atoms with Gasteiger partial charge in [-0.3, -0.25) is 9.69 Å². The Morgan fingerprint density at radius 3 is 2.26 bits per heavy atom. The molecule has 1 aliphatic rings. The van der Waals surface area contributed by atoms with Gasteiger partial charge in [-0.25, -0.2) is 4.79 Å². The maximum atomic E-state index is 12.7. The van der Waals surface area contributed by atoms with E-state index in [1.165, 1.54) is 19.2 Å². The van der Waals surface area contributed by atoms with Crippen molar-refractivity contribution >= 4 is 44.5 Å². The molecule has 0 saturated carbocycles. The number of amidine groups is 1. The molecular formula is C18H14N2O5S2. The van der Waals surface area contributed by atoms with Crippen molar-refractivity contribution in [3.63, 3.8) is 0 Å². The van der Waals surface area contributed by atoms with E-state index in [0.717, 1.165) is 22.7 Å². The van der Waals surface area contributed by atoms with E-state index in [1.807, 2.05) is 0 Å². The molecule has 0 atom stereocenters. The Kier molecular flexibility index (Phi) is 5.43. The van der Waals surface area contributed by atoms with E-state index in [2.05, 4.69) is 9.13 Å². The van der Waals surface area contributed by atoms with Crippen LogP contribution in [0.25, 0.3) is 0 Å². The number of sulfonamides is 1. The molecule has 138 valence electrons. The lowest BCUT2D eigenvalue weighted by atomic mass is 10.3. The summed E-state index contributed by atoms with van der Waals surface area (Å²) in [7, 11) is -2.85. The third-order valence-electron chi connectivity index (χ3n) is 3.51. The van der Waals surface area contributed by atoms with Gasteiger partial charge in [0.15, 0.2) is 5.17 Å². The first-order chi connectivity index (χ1) is 12.9. The topological polar surface area (TPSA) is 93.1 Å². The second-order valence-corrected chi connectivity index (χ2v) is 7.89. The number of amides is 1. The van der Waals surface area contributed by atoms with Gasteiger partial charge in [0, 0.05) is 6.08 Å². The Labute approximate surface area is 160 Å². The van der Waals surface area contributed by atoms with E-state index in [-0.39, 0.29) is 15.0 Å². The number of carbonyl (C=O) groups is 2. The van der Waals surface area contributed by atoms with Gasteiger partial charge in [0.2, 0.25) is 0 Å². The number of nitrogens with zero attached hydrogens (tertiary/aromatic N) is 2. The van der Waals surface area contributed by atoms with Crippen LogP contribution in [0.2, 0.25) is 0 Å². The van der Waals surface area contributed by atoms with Crippen LogP contribution in [0.4, 0.5) is 5.69 Å². The molecule has 7 nitrogen and oxygen atoms in total. The van der Waals surface area contributed by atoms with E-state index in [1.54, 1.807) is 48.5 Å². The van der Waals surface area contributed by atoms with Crippen molar-refractivity contribution in [3.8, 4) is 0 Å². The van der Waals surface area contributed by atoms with Crippen molar-refractivity contribution in [1.82, 2.24) is 0 Å². The largest absolute Gasteiger partial charge is 0.466 e. The molecule has 1 heterocycles. The lowest BCUT2D eigenvalue weighted by molar-refractivity contribution is -0.135. The molecule has 0 spiro atoms. The van der Waals surface area contributed by atoms with Crippen molar-refractivity contribution in [2.24, 2.45) is 4.40 Å². The van der Waals surface area contributed by atoms with E-state index in [9.17, 15) is 18.0 Å². The summed E-state index contributed by atoms with van der Waals surface area (Å²) in [6, 6.07) is 16.1.